The van der Waals surface area contributed by atoms with Crippen LogP contribution in [-0.2, 0) is 5.92 Å². The molecule has 2 nitrogen and oxygen atoms in total. The summed E-state index contributed by atoms with van der Waals surface area (Å²) in [5.74, 6) is -2.43. The number of hydrogen-bond donors (Lipinski definition) is 1. The van der Waals surface area contributed by atoms with Crippen molar-refractivity contribution in [2.75, 3.05) is 13.7 Å². The second-order valence-corrected chi connectivity index (χ2v) is 3.97. The molecule has 0 unspecified atom stereocenters. The van der Waals surface area contributed by atoms with E-state index in [1.165, 1.54) is 19.2 Å². The van der Waals surface area contributed by atoms with E-state index >= 15 is 0 Å². The maximum Gasteiger partial charge on any atom is 0.285 e. The van der Waals surface area contributed by atoms with Crippen LogP contribution in [-0.4, -0.2) is 19.7 Å². The fourth-order valence-electron chi connectivity index (χ4n) is 1.28. The number of halogens is 2. The van der Waals surface area contributed by atoms with E-state index in [0.717, 1.165) is 0 Å². The summed E-state index contributed by atoms with van der Waals surface area (Å²) in [5, 5.41) is 2.73. The second kappa shape index (κ2) is 5.25. The lowest BCUT2D eigenvalue weighted by atomic mass is 10.1. The van der Waals surface area contributed by atoms with Crippen molar-refractivity contribution in [2.24, 2.45) is 0 Å². The molecule has 0 spiro atoms. The molecule has 0 atom stereocenters. The highest BCUT2D eigenvalue weighted by atomic mass is 19.3. The lowest BCUT2D eigenvalue weighted by Crippen LogP contribution is -2.34. The van der Waals surface area contributed by atoms with Crippen molar-refractivity contribution in [3.63, 3.8) is 0 Å². The van der Waals surface area contributed by atoms with Gasteiger partial charge in [-0.25, -0.2) is 0 Å². The van der Waals surface area contributed by atoms with Gasteiger partial charge in [-0.3, -0.25) is 0 Å². The van der Waals surface area contributed by atoms with Gasteiger partial charge in [0, 0.05) is 11.6 Å². The molecule has 0 aliphatic carbocycles. The van der Waals surface area contributed by atoms with Crippen LogP contribution in [0.3, 0.4) is 0 Å². The van der Waals surface area contributed by atoms with E-state index < -0.39 is 5.92 Å². The molecule has 1 N–H and O–H groups in total. The minimum atomic E-state index is -2.88. The summed E-state index contributed by atoms with van der Waals surface area (Å²) in [6.07, 6.45) is 0. The zero-order valence-electron chi connectivity index (χ0n) is 9.76. The fraction of sp³-hybridized carbons (Fsp3) is 0.500. The normalized spacial score (nSPS) is 11.9. The Hall–Kier alpha value is -1.16. The number of nitrogens with one attached hydrogen (secondary N) is 1. The largest absolute Gasteiger partial charge is 0.497 e. The molecule has 0 radical (unpaired) electrons. The molecular formula is C12H17F2NO. The van der Waals surface area contributed by atoms with E-state index in [2.05, 4.69) is 5.32 Å². The van der Waals surface area contributed by atoms with E-state index in [1.807, 2.05) is 13.8 Å². The van der Waals surface area contributed by atoms with Crippen LogP contribution in [0.2, 0.25) is 0 Å². The topological polar surface area (TPSA) is 21.3 Å². The molecule has 0 aliphatic rings. The van der Waals surface area contributed by atoms with Crippen molar-refractivity contribution < 1.29 is 13.5 Å². The van der Waals surface area contributed by atoms with E-state index in [9.17, 15) is 8.78 Å². The van der Waals surface area contributed by atoms with Gasteiger partial charge in [0.05, 0.1) is 13.7 Å². The quantitative estimate of drug-likeness (QED) is 0.838. The highest BCUT2D eigenvalue weighted by Gasteiger charge is 2.31. The third-order valence-electron chi connectivity index (χ3n) is 2.22. The second-order valence-electron chi connectivity index (χ2n) is 3.97. The molecular weight excluding hydrogens is 212 g/mol. The molecule has 0 fully saturated rings. The first-order chi connectivity index (χ1) is 7.45. The van der Waals surface area contributed by atoms with Crippen molar-refractivity contribution in [1.29, 1.82) is 0 Å². The Bertz CT molecular complexity index is 340. The van der Waals surface area contributed by atoms with E-state index in [1.54, 1.807) is 12.1 Å². The van der Waals surface area contributed by atoms with Crippen LogP contribution in [0.25, 0.3) is 0 Å². The molecule has 0 saturated carbocycles. The SMILES string of the molecule is COc1cccc(C(F)(F)CNC(C)C)c1. The first kappa shape index (κ1) is 12.9. The minimum Gasteiger partial charge on any atom is -0.497 e. The molecule has 0 amide bonds. The number of alkyl halides is 2. The molecule has 4 heteroatoms. The Morgan fingerprint density at radius 3 is 2.62 bits per heavy atom. The summed E-state index contributed by atoms with van der Waals surface area (Å²) in [6.45, 7) is 3.31. The molecule has 16 heavy (non-hydrogen) atoms. The van der Waals surface area contributed by atoms with Gasteiger partial charge in [0.15, 0.2) is 0 Å². The number of methoxy groups -OCH3 is 1. The van der Waals surface area contributed by atoms with Crippen LogP contribution in [0.4, 0.5) is 8.78 Å². The van der Waals surface area contributed by atoms with Gasteiger partial charge in [-0.1, -0.05) is 26.0 Å². The fourth-order valence-corrected chi connectivity index (χ4v) is 1.28. The third-order valence-corrected chi connectivity index (χ3v) is 2.22. The van der Waals surface area contributed by atoms with Crippen molar-refractivity contribution in [1.82, 2.24) is 5.32 Å². The van der Waals surface area contributed by atoms with Gasteiger partial charge in [0.2, 0.25) is 0 Å². The van der Waals surface area contributed by atoms with E-state index in [0.29, 0.717) is 5.75 Å². The van der Waals surface area contributed by atoms with Gasteiger partial charge in [0.25, 0.3) is 5.92 Å². The molecule has 90 valence electrons. The van der Waals surface area contributed by atoms with Crippen LogP contribution in [0.15, 0.2) is 24.3 Å². The Kier molecular flexibility index (Phi) is 4.24. The van der Waals surface area contributed by atoms with Crippen LogP contribution < -0.4 is 10.1 Å². The van der Waals surface area contributed by atoms with Crippen LogP contribution >= 0.6 is 0 Å². The average molecular weight is 229 g/mol. The summed E-state index contributed by atoms with van der Waals surface area (Å²) >= 11 is 0. The lowest BCUT2D eigenvalue weighted by molar-refractivity contribution is -0.00501. The van der Waals surface area contributed by atoms with E-state index in [4.69, 9.17) is 4.74 Å². The number of benzene rings is 1. The Balaban J connectivity index is 2.79. The first-order valence-electron chi connectivity index (χ1n) is 5.21. The third kappa shape index (κ3) is 3.45. The lowest BCUT2D eigenvalue weighted by Gasteiger charge is -2.19. The summed E-state index contributed by atoms with van der Waals surface area (Å²) < 4.78 is 32.4. The molecule has 1 aromatic carbocycles. The van der Waals surface area contributed by atoms with Gasteiger partial charge in [-0.2, -0.15) is 8.78 Å². The average Bonchev–Trinajstić information content (AvgIpc) is 2.27. The maximum absolute atomic E-state index is 13.7. The van der Waals surface area contributed by atoms with Gasteiger partial charge in [-0.05, 0) is 12.1 Å². The summed E-state index contributed by atoms with van der Waals surface area (Å²) in [5.41, 5.74) is -0.0278. The number of rotatable bonds is 5. The Morgan fingerprint density at radius 2 is 2.06 bits per heavy atom. The van der Waals surface area contributed by atoms with Crippen LogP contribution in [0.5, 0.6) is 5.75 Å². The summed E-state index contributed by atoms with van der Waals surface area (Å²) in [7, 11) is 1.46. The molecule has 0 bridgehead atoms. The zero-order valence-corrected chi connectivity index (χ0v) is 9.76. The Labute approximate surface area is 94.6 Å². The van der Waals surface area contributed by atoms with Crippen molar-refractivity contribution in [2.45, 2.75) is 25.8 Å². The number of ether oxygens (including phenoxy) is 1. The highest BCUT2D eigenvalue weighted by molar-refractivity contribution is 5.31. The Morgan fingerprint density at radius 1 is 1.38 bits per heavy atom. The maximum atomic E-state index is 13.7. The first-order valence-corrected chi connectivity index (χ1v) is 5.21. The van der Waals surface area contributed by atoms with Gasteiger partial charge < -0.3 is 10.1 Å². The van der Waals surface area contributed by atoms with Crippen molar-refractivity contribution >= 4 is 0 Å². The minimum absolute atomic E-state index is 0.0278. The van der Waals surface area contributed by atoms with Gasteiger partial charge in [-0.15, -0.1) is 0 Å². The molecule has 1 rings (SSSR count). The van der Waals surface area contributed by atoms with Crippen LogP contribution in [0, 0.1) is 0 Å². The van der Waals surface area contributed by atoms with Crippen molar-refractivity contribution in [3.05, 3.63) is 29.8 Å². The monoisotopic (exact) mass is 229 g/mol. The standard InChI is InChI=1S/C12H17F2NO/c1-9(2)15-8-12(13,14)10-5-4-6-11(7-10)16-3/h4-7,9,15H,8H2,1-3H3. The van der Waals surface area contributed by atoms with Crippen molar-refractivity contribution in [3.8, 4) is 5.75 Å². The molecule has 0 aliphatic heterocycles. The summed E-state index contributed by atoms with van der Waals surface area (Å²) in [4.78, 5) is 0. The molecule has 1 aromatic rings. The van der Waals surface area contributed by atoms with Crippen LogP contribution in [0.1, 0.15) is 19.4 Å². The number of hydrogen-bond acceptors (Lipinski definition) is 2. The zero-order chi connectivity index (χ0) is 12.2. The summed E-state index contributed by atoms with van der Waals surface area (Å²) in [6, 6.07) is 6.02. The highest BCUT2D eigenvalue weighted by Crippen LogP contribution is 2.29. The predicted octanol–water partition coefficient (Wildman–Crippen LogP) is 2.79. The predicted molar refractivity (Wildman–Crippen MR) is 60.0 cm³/mol. The van der Waals surface area contributed by atoms with Gasteiger partial charge in [0.1, 0.15) is 5.75 Å². The molecule has 0 heterocycles. The van der Waals surface area contributed by atoms with E-state index in [-0.39, 0.29) is 18.2 Å². The molecule has 0 aromatic heterocycles. The smallest absolute Gasteiger partial charge is 0.285 e. The molecule has 0 saturated heterocycles. The van der Waals surface area contributed by atoms with Gasteiger partial charge >= 0.3 is 0 Å².